The number of halogens is 1. The lowest BCUT2D eigenvalue weighted by atomic mass is 10.1. The van der Waals surface area contributed by atoms with Crippen molar-refractivity contribution in [3.05, 3.63) is 41.3 Å². The van der Waals surface area contributed by atoms with Crippen LogP contribution in [0.15, 0.2) is 24.3 Å². The molecule has 1 heterocycles. The topological polar surface area (TPSA) is 70.1 Å². The van der Waals surface area contributed by atoms with E-state index in [1.807, 2.05) is 19.9 Å². The monoisotopic (exact) mass is 344 g/mol. The Labute approximate surface area is 147 Å². The number of aryl methyl sites for hydroxylation is 1. The third kappa shape index (κ3) is 4.45. The summed E-state index contributed by atoms with van der Waals surface area (Å²) in [6, 6.07) is 6.74. The third-order valence-electron chi connectivity index (χ3n) is 4.49. The van der Waals surface area contributed by atoms with E-state index in [2.05, 4.69) is 20.6 Å². The van der Waals surface area contributed by atoms with Crippen molar-refractivity contribution in [2.24, 2.45) is 5.92 Å². The second-order valence-corrected chi connectivity index (χ2v) is 7.04. The van der Waals surface area contributed by atoms with Crippen molar-refractivity contribution in [2.75, 3.05) is 17.2 Å². The fraction of sp³-hybridized carbons (Fsp3) is 0.474. The van der Waals surface area contributed by atoms with Crippen LogP contribution in [0.2, 0.25) is 0 Å². The highest BCUT2D eigenvalue weighted by atomic mass is 19.1. The number of anilines is 3. The van der Waals surface area contributed by atoms with Gasteiger partial charge in [-0.05, 0) is 49.4 Å². The Kier molecular flexibility index (Phi) is 5.18. The number of aliphatic hydroxyl groups excluding tert-OH is 1. The fourth-order valence-electron chi connectivity index (χ4n) is 2.64. The summed E-state index contributed by atoms with van der Waals surface area (Å²) >= 11 is 0. The van der Waals surface area contributed by atoms with Crippen LogP contribution in [-0.4, -0.2) is 27.7 Å². The molecule has 1 atom stereocenters. The molecule has 1 aliphatic rings. The van der Waals surface area contributed by atoms with Crippen LogP contribution in [0.25, 0.3) is 0 Å². The first kappa shape index (κ1) is 17.6. The molecule has 1 aromatic carbocycles. The smallest absolute Gasteiger partial charge is 0.225 e. The van der Waals surface area contributed by atoms with Crippen LogP contribution in [0.3, 0.4) is 0 Å². The number of hydrogen-bond donors (Lipinski definition) is 3. The molecule has 0 aliphatic heterocycles. The molecule has 2 aromatic rings. The summed E-state index contributed by atoms with van der Waals surface area (Å²) in [5.41, 5.74) is 2.37. The SMILES string of the molecule is Cc1cc(Nc2cc(C3CC3)nc(N[C@@H](CO)C(C)C)n2)ccc1F. The largest absolute Gasteiger partial charge is 0.394 e. The van der Waals surface area contributed by atoms with Gasteiger partial charge in [-0.1, -0.05) is 13.8 Å². The van der Waals surface area contributed by atoms with Gasteiger partial charge in [-0.3, -0.25) is 0 Å². The standard InChI is InChI=1S/C19H25FN4O/c1-11(2)17(10-25)23-19-22-16(13-4-5-13)9-18(24-19)21-14-6-7-15(20)12(3)8-14/h6-9,11,13,17,25H,4-5,10H2,1-3H3,(H2,21,22,23,24)/t17-/m0/s1. The molecule has 6 heteroatoms. The number of nitrogens with one attached hydrogen (secondary N) is 2. The number of rotatable bonds is 7. The van der Waals surface area contributed by atoms with Gasteiger partial charge in [0.15, 0.2) is 0 Å². The third-order valence-corrected chi connectivity index (χ3v) is 4.49. The van der Waals surface area contributed by atoms with Crippen LogP contribution in [0, 0.1) is 18.7 Å². The summed E-state index contributed by atoms with van der Waals surface area (Å²) in [6.45, 7) is 5.84. The van der Waals surface area contributed by atoms with E-state index in [9.17, 15) is 9.50 Å². The van der Waals surface area contributed by atoms with Crippen LogP contribution in [0.1, 0.15) is 43.9 Å². The van der Waals surface area contributed by atoms with Gasteiger partial charge in [0.25, 0.3) is 0 Å². The van der Waals surface area contributed by atoms with E-state index < -0.39 is 0 Å². The Morgan fingerprint density at radius 1 is 1.24 bits per heavy atom. The molecular formula is C19H25FN4O. The van der Waals surface area contributed by atoms with E-state index >= 15 is 0 Å². The van der Waals surface area contributed by atoms with Crippen molar-refractivity contribution in [1.82, 2.24) is 9.97 Å². The minimum Gasteiger partial charge on any atom is -0.394 e. The summed E-state index contributed by atoms with van der Waals surface area (Å²) in [7, 11) is 0. The molecule has 25 heavy (non-hydrogen) atoms. The van der Waals surface area contributed by atoms with Gasteiger partial charge in [-0.2, -0.15) is 4.98 Å². The predicted molar refractivity (Wildman–Crippen MR) is 97.8 cm³/mol. The minimum atomic E-state index is -0.225. The molecule has 0 radical (unpaired) electrons. The van der Waals surface area contributed by atoms with Gasteiger partial charge in [0.05, 0.1) is 18.3 Å². The first-order chi connectivity index (χ1) is 12.0. The molecule has 1 fully saturated rings. The number of benzene rings is 1. The molecule has 0 saturated heterocycles. The Balaban J connectivity index is 1.86. The highest BCUT2D eigenvalue weighted by Crippen LogP contribution is 2.40. The minimum absolute atomic E-state index is 0.0224. The summed E-state index contributed by atoms with van der Waals surface area (Å²) in [5.74, 6) is 1.70. The van der Waals surface area contributed by atoms with E-state index in [0.717, 1.165) is 24.2 Å². The molecule has 3 N–H and O–H groups in total. The summed E-state index contributed by atoms with van der Waals surface area (Å²) < 4.78 is 13.5. The Morgan fingerprint density at radius 3 is 2.60 bits per heavy atom. The number of aliphatic hydroxyl groups is 1. The second kappa shape index (κ2) is 7.35. The van der Waals surface area contributed by atoms with Gasteiger partial charge in [0.1, 0.15) is 11.6 Å². The maximum Gasteiger partial charge on any atom is 0.225 e. The molecular weight excluding hydrogens is 319 g/mol. The van der Waals surface area contributed by atoms with Gasteiger partial charge in [0, 0.05) is 17.7 Å². The maximum absolute atomic E-state index is 13.5. The number of aromatic nitrogens is 2. The molecule has 1 saturated carbocycles. The quantitative estimate of drug-likeness (QED) is 0.709. The Bertz CT molecular complexity index is 746. The first-order valence-corrected chi connectivity index (χ1v) is 8.76. The first-order valence-electron chi connectivity index (χ1n) is 8.76. The summed E-state index contributed by atoms with van der Waals surface area (Å²) in [5, 5.41) is 16.0. The summed E-state index contributed by atoms with van der Waals surface area (Å²) in [4.78, 5) is 9.13. The van der Waals surface area contributed by atoms with Crippen molar-refractivity contribution < 1.29 is 9.50 Å². The van der Waals surface area contributed by atoms with E-state index in [-0.39, 0.29) is 24.4 Å². The van der Waals surface area contributed by atoms with Crippen molar-refractivity contribution in [2.45, 2.75) is 45.6 Å². The van der Waals surface area contributed by atoms with Crippen LogP contribution >= 0.6 is 0 Å². The van der Waals surface area contributed by atoms with Crippen LogP contribution in [-0.2, 0) is 0 Å². The average Bonchev–Trinajstić information content (AvgIpc) is 3.40. The Hall–Kier alpha value is -2.21. The summed E-state index contributed by atoms with van der Waals surface area (Å²) in [6.07, 6.45) is 2.28. The molecule has 1 aliphatic carbocycles. The van der Waals surface area contributed by atoms with Crippen molar-refractivity contribution in [1.29, 1.82) is 0 Å². The van der Waals surface area contributed by atoms with Crippen molar-refractivity contribution in [3.63, 3.8) is 0 Å². The van der Waals surface area contributed by atoms with E-state index in [0.29, 0.717) is 23.2 Å². The molecule has 0 amide bonds. The fourth-order valence-corrected chi connectivity index (χ4v) is 2.64. The van der Waals surface area contributed by atoms with E-state index in [1.165, 1.54) is 6.07 Å². The normalized spacial score (nSPS) is 15.3. The lowest BCUT2D eigenvalue weighted by Crippen LogP contribution is -2.30. The van der Waals surface area contributed by atoms with Gasteiger partial charge >= 0.3 is 0 Å². The van der Waals surface area contributed by atoms with E-state index in [1.54, 1.807) is 19.1 Å². The molecule has 5 nitrogen and oxygen atoms in total. The zero-order valence-electron chi connectivity index (χ0n) is 14.9. The van der Waals surface area contributed by atoms with Crippen molar-refractivity contribution in [3.8, 4) is 0 Å². The highest BCUT2D eigenvalue weighted by molar-refractivity contribution is 5.59. The highest BCUT2D eigenvalue weighted by Gasteiger charge is 2.26. The van der Waals surface area contributed by atoms with Gasteiger partial charge in [-0.15, -0.1) is 0 Å². The van der Waals surface area contributed by atoms with Crippen LogP contribution < -0.4 is 10.6 Å². The average molecular weight is 344 g/mol. The molecule has 3 rings (SSSR count). The predicted octanol–water partition coefficient (Wildman–Crippen LogP) is 3.97. The second-order valence-electron chi connectivity index (χ2n) is 7.04. The van der Waals surface area contributed by atoms with Gasteiger partial charge in [-0.25, -0.2) is 9.37 Å². The number of hydrogen-bond acceptors (Lipinski definition) is 5. The zero-order valence-corrected chi connectivity index (χ0v) is 14.9. The number of nitrogens with zero attached hydrogens (tertiary/aromatic N) is 2. The molecule has 1 aromatic heterocycles. The molecule has 134 valence electrons. The van der Waals surface area contributed by atoms with Gasteiger partial charge in [0.2, 0.25) is 5.95 Å². The maximum atomic E-state index is 13.5. The lowest BCUT2D eigenvalue weighted by Gasteiger charge is -2.20. The van der Waals surface area contributed by atoms with E-state index in [4.69, 9.17) is 0 Å². The van der Waals surface area contributed by atoms with Crippen LogP contribution in [0.4, 0.5) is 21.8 Å². The molecule has 0 bridgehead atoms. The Morgan fingerprint density at radius 2 is 2.00 bits per heavy atom. The van der Waals surface area contributed by atoms with Crippen molar-refractivity contribution >= 4 is 17.5 Å². The molecule has 0 unspecified atom stereocenters. The van der Waals surface area contributed by atoms with Crippen LogP contribution in [0.5, 0.6) is 0 Å². The zero-order chi connectivity index (χ0) is 18.0. The molecule has 0 spiro atoms. The lowest BCUT2D eigenvalue weighted by molar-refractivity contribution is 0.248. The van der Waals surface area contributed by atoms with Gasteiger partial charge < -0.3 is 15.7 Å².